The summed E-state index contributed by atoms with van der Waals surface area (Å²) in [5, 5.41) is 11.1. The van der Waals surface area contributed by atoms with Crippen molar-refractivity contribution < 1.29 is 4.92 Å². The number of rotatable bonds is 4. The van der Waals surface area contributed by atoms with Crippen molar-refractivity contribution >= 4 is 5.69 Å². The molecule has 3 rings (SSSR count). The highest BCUT2D eigenvalue weighted by Gasteiger charge is 2.33. The zero-order chi connectivity index (χ0) is 14.9. The molecule has 0 amide bonds. The quantitative estimate of drug-likeness (QED) is 0.692. The highest BCUT2D eigenvalue weighted by molar-refractivity contribution is 5.41. The molecule has 0 radical (unpaired) electrons. The number of nitrogens with two attached hydrogens (primary N) is 1. The summed E-state index contributed by atoms with van der Waals surface area (Å²) in [5.41, 5.74) is 9.80. The van der Waals surface area contributed by atoms with Crippen LogP contribution < -0.4 is 5.73 Å². The number of para-hydroxylation sites is 1. The van der Waals surface area contributed by atoms with Crippen LogP contribution in [-0.2, 0) is 19.3 Å². The molecule has 0 saturated carbocycles. The Kier molecular flexibility index (Phi) is 3.47. The Hall–Kier alpha value is -2.20. The Morgan fingerprint density at radius 2 is 1.62 bits per heavy atom. The van der Waals surface area contributed by atoms with Gasteiger partial charge in [-0.15, -0.1) is 0 Å². The molecule has 4 heteroatoms. The number of hydrogen-bond acceptors (Lipinski definition) is 3. The normalized spacial score (nSPS) is 15.7. The van der Waals surface area contributed by atoms with Crippen LogP contribution in [0, 0.1) is 10.1 Å². The fourth-order valence-electron chi connectivity index (χ4n) is 3.18. The lowest BCUT2D eigenvalue weighted by molar-refractivity contribution is -0.385. The number of nitro benzene ring substituents is 1. The summed E-state index contributed by atoms with van der Waals surface area (Å²) in [6.07, 6.45) is 3.10. The van der Waals surface area contributed by atoms with Crippen molar-refractivity contribution in [2.75, 3.05) is 0 Å². The second-order valence-electron chi connectivity index (χ2n) is 5.87. The first-order valence-corrected chi connectivity index (χ1v) is 7.15. The van der Waals surface area contributed by atoms with Gasteiger partial charge in [-0.2, -0.15) is 0 Å². The number of benzene rings is 2. The van der Waals surface area contributed by atoms with E-state index in [0.717, 1.165) is 24.8 Å². The number of aryl methyl sites for hydroxylation is 1. The average molecular weight is 282 g/mol. The Balaban J connectivity index is 1.73. The first-order chi connectivity index (χ1) is 10.1. The topological polar surface area (TPSA) is 69.2 Å². The summed E-state index contributed by atoms with van der Waals surface area (Å²) in [5.74, 6) is 0. The maximum absolute atomic E-state index is 11.1. The van der Waals surface area contributed by atoms with E-state index >= 15 is 0 Å². The molecule has 0 fully saturated rings. The minimum absolute atomic E-state index is 0.191. The minimum atomic E-state index is -0.318. The molecule has 108 valence electrons. The van der Waals surface area contributed by atoms with Gasteiger partial charge in [0.2, 0.25) is 0 Å². The van der Waals surface area contributed by atoms with Crippen LogP contribution in [0.1, 0.15) is 23.1 Å². The fourth-order valence-corrected chi connectivity index (χ4v) is 3.18. The molecule has 0 unspecified atom stereocenters. The zero-order valence-corrected chi connectivity index (χ0v) is 11.8. The van der Waals surface area contributed by atoms with Crippen molar-refractivity contribution in [2.45, 2.75) is 31.2 Å². The fraction of sp³-hybridized carbons (Fsp3) is 0.294. The molecule has 2 aromatic rings. The lowest BCUT2D eigenvalue weighted by Crippen LogP contribution is -2.41. The van der Waals surface area contributed by atoms with Crippen molar-refractivity contribution in [1.29, 1.82) is 0 Å². The number of fused-ring (bicyclic) bond motifs is 1. The smallest absolute Gasteiger partial charge is 0.272 e. The first kappa shape index (κ1) is 13.8. The third-order valence-electron chi connectivity index (χ3n) is 4.28. The number of nitro groups is 1. The number of hydrogen-bond donors (Lipinski definition) is 1. The third kappa shape index (κ3) is 2.81. The Morgan fingerprint density at radius 1 is 1.05 bits per heavy atom. The molecule has 0 aliphatic heterocycles. The molecule has 2 N–H and O–H groups in total. The Morgan fingerprint density at radius 3 is 2.24 bits per heavy atom. The van der Waals surface area contributed by atoms with Crippen LogP contribution in [0.2, 0.25) is 0 Å². The van der Waals surface area contributed by atoms with Crippen molar-refractivity contribution in [3.05, 3.63) is 75.3 Å². The van der Waals surface area contributed by atoms with Gasteiger partial charge in [0.15, 0.2) is 0 Å². The van der Waals surface area contributed by atoms with Gasteiger partial charge in [0.1, 0.15) is 0 Å². The molecule has 1 aliphatic carbocycles. The minimum Gasteiger partial charge on any atom is -0.324 e. The molecular weight excluding hydrogens is 264 g/mol. The molecule has 0 bridgehead atoms. The molecular formula is C17H18N2O2. The molecule has 0 saturated heterocycles. The summed E-state index contributed by atoms with van der Waals surface area (Å²) in [6, 6.07) is 15.2. The van der Waals surface area contributed by atoms with Crippen LogP contribution in [-0.4, -0.2) is 10.5 Å². The van der Waals surface area contributed by atoms with E-state index in [1.807, 2.05) is 24.3 Å². The van der Waals surface area contributed by atoms with E-state index in [4.69, 9.17) is 5.73 Å². The molecule has 4 nitrogen and oxygen atoms in total. The largest absolute Gasteiger partial charge is 0.324 e. The zero-order valence-electron chi connectivity index (χ0n) is 11.8. The monoisotopic (exact) mass is 282 g/mol. The van der Waals surface area contributed by atoms with E-state index in [2.05, 4.69) is 12.1 Å². The third-order valence-corrected chi connectivity index (χ3v) is 4.28. The van der Waals surface area contributed by atoms with Crippen LogP contribution in [0.4, 0.5) is 5.69 Å². The molecule has 0 heterocycles. The van der Waals surface area contributed by atoms with Gasteiger partial charge in [-0.05, 0) is 36.8 Å². The maximum Gasteiger partial charge on any atom is 0.272 e. The number of nitrogens with zero attached hydrogens (tertiary/aromatic N) is 1. The van der Waals surface area contributed by atoms with E-state index in [9.17, 15) is 10.1 Å². The van der Waals surface area contributed by atoms with E-state index < -0.39 is 0 Å². The van der Waals surface area contributed by atoms with E-state index in [-0.39, 0.29) is 16.1 Å². The standard InChI is InChI=1S/C17H18N2O2/c18-17(11-14-6-1-2-7-15(14)12-17)10-9-13-5-3-4-8-16(13)19(20)21/h1-8H,9-12,18H2. The summed E-state index contributed by atoms with van der Waals surface area (Å²) < 4.78 is 0. The van der Waals surface area contributed by atoms with E-state index in [1.54, 1.807) is 12.1 Å². The van der Waals surface area contributed by atoms with Gasteiger partial charge < -0.3 is 5.73 Å². The van der Waals surface area contributed by atoms with Crippen LogP contribution in [0.3, 0.4) is 0 Å². The van der Waals surface area contributed by atoms with Crippen LogP contribution in [0.5, 0.6) is 0 Å². The predicted octanol–water partition coefficient (Wildman–Crippen LogP) is 3.02. The molecule has 0 aromatic heterocycles. The summed E-state index contributed by atoms with van der Waals surface area (Å²) >= 11 is 0. The Bertz CT molecular complexity index is 657. The summed E-state index contributed by atoms with van der Waals surface area (Å²) in [6.45, 7) is 0. The summed E-state index contributed by atoms with van der Waals surface area (Å²) in [7, 11) is 0. The van der Waals surface area contributed by atoms with Gasteiger partial charge in [-0.1, -0.05) is 42.5 Å². The second-order valence-corrected chi connectivity index (χ2v) is 5.87. The van der Waals surface area contributed by atoms with Gasteiger partial charge >= 0.3 is 0 Å². The van der Waals surface area contributed by atoms with E-state index in [1.165, 1.54) is 11.1 Å². The SMILES string of the molecule is NC1(CCc2ccccc2[N+](=O)[O-])Cc2ccccc2C1. The molecule has 21 heavy (non-hydrogen) atoms. The van der Waals surface area contributed by atoms with Gasteiger partial charge in [0.05, 0.1) is 4.92 Å². The molecule has 0 atom stereocenters. The van der Waals surface area contributed by atoms with Gasteiger partial charge in [0.25, 0.3) is 5.69 Å². The van der Waals surface area contributed by atoms with Gasteiger partial charge in [-0.25, -0.2) is 0 Å². The highest BCUT2D eigenvalue weighted by atomic mass is 16.6. The first-order valence-electron chi connectivity index (χ1n) is 7.15. The van der Waals surface area contributed by atoms with Crippen LogP contribution in [0.25, 0.3) is 0 Å². The average Bonchev–Trinajstić information content (AvgIpc) is 2.82. The highest BCUT2D eigenvalue weighted by Crippen LogP contribution is 2.32. The van der Waals surface area contributed by atoms with E-state index in [0.29, 0.717) is 6.42 Å². The van der Waals surface area contributed by atoms with Crippen LogP contribution in [0.15, 0.2) is 48.5 Å². The van der Waals surface area contributed by atoms with Gasteiger partial charge in [-0.3, -0.25) is 10.1 Å². The lowest BCUT2D eigenvalue weighted by Gasteiger charge is -2.23. The predicted molar refractivity (Wildman–Crippen MR) is 82.2 cm³/mol. The van der Waals surface area contributed by atoms with Crippen molar-refractivity contribution in [1.82, 2.24) is 0 Å². The lowest BCUT2D eigenvalue weighted by atomic mass is 9.89. The van der Waals surface area contributed by atoms with Crippen LogP contribution >= 0.6 is 0 Å². The Labute approximate surface area is 123 Å². The summed E-state index contributed by atoms with van der Waals surface area (Å²) in [4.78, 5) is 10.7. The van der Waals surface area contributed by atoms with Crippen molar-refractivity contribution in [3.63, 3.8) is 0 Å². The molecule has 1 aliphatic rings. The molecule has 2 aromatic carbocycles. The van der Waals surface area contributed by atoms with Crippen molar-refractivity contribution in [2.24, 2.45) is 5.73 Å². The maximum atomic E-state index is 11.1. The van der Waals surface area contributed by atoms with Gasteiger partial charge in [0, 0.05) is 17.2 Å². The second kappa shape index (κ2) is 5.30. The molecule has 0 spiro atoms. The van der Waals surface area contributed by atoms with Crippen molar-refractivity contribution in [3.8, 4) is 0 Å².